The first-order chi connectivity index (χ1) is 12.1. The third-order valence-electron chi connectivity index (χ3n) is 4.21. The molecule has 0 aliphatic carbocycles. The van der Waals surface area contributed by atoms with Crippen molar-refractivity contribution in [2.24, 2.45) is 0 Å². The van der Waals surface area contributed by atoms with Crippen LogP contribution in [0.5, 0.6) is 0 Å². The first kappa shape index (κ1) is 16.9. The summed E-state index contributed by atoms with van der Waals surface area (Å²) in [5.74, 6) is 1.55. The van der Waals surface area contributed by atoms with Gasteiger partial charge >= 0.3 is 0 Å². The Kier molecular flexibility index (Phi) is 4.72. The first-order valence-electron chi connectivity index (χ1n) is 7.92. The number of nitrogens with zero attached hydrogens (tertiary/aromatic N) is 3. The van der Waals surface area contributed by atoms with E-state index in [9.17, 15) is 8.42 Å². The summed E-state index contributed by atoms with van der Waals surface area (Å²) in [6.07, 6.45) is 0.652. The van der Waals surface area contributed by atoms with Crippen LogP contribution in [0, 0.1) is 0 Å². The highest BCUT2D eigenvalue weighted by Gasteiger charge is 2.33. The van der Waals surface area contributed by atoms with Crippen LogP contribution in [0.1, 0.15) is 17.2 Å². The van der Waals surface area contributed by atoms with E-state index in [1.165, 1.54) is 4.88 Å². The highest BCUT2D eigenvalue weighted by molar-refractivity contribution is 7.91. The molecule has 0 saturated carbocycles. The van der Waals surface area contributed by atoms with Crippen molar-refractivity contribution in [1.82, 2.24) is 15.0 Å². The van der Waals surface area contributed by atoms with E-state index in [4.69, 9.17) is 4.52 Å². The Morgan fingerprint density at radius 1 is 1.20 bits per heavy atom. The summed E-state index contributed by atoms with van der Waals surface area (Å²) in [6, 6.07) is 7.95. The molecule has 4 rings (SSSR count). The van der Waals surface area contributed by atoms with Gasteiger partial charge in [-0.3, -0.25) is 4.90 Å². The maximum atomic E-state index is 11.9. The van der Waals surface area contributed by atoms with Crippen molar-refractivity contribution in [3.8, 4) is 10.7 Å². The third kappa shape index (κ3) is 4.00. The lowest BCUT2D eigenvalue weighted by Crippen LogP contribution is -2.35. The zero-order valence-electron chi connectivity index (χ0n) is 13.4. The molecule has 6 nitrogen and oxygen atoms in total. The van der Waals surface area contributed by atoms with Crippen molar-refractivity contribution in [3.05, 3.63) is 45.8 Å². The lowest BCUT2D eigenvalue weighted by molar-refractivity contribution is 0.170. The smallest absolute Gasteiger partial charge is 0.241 e. The first-order valence-corrected chi connectivity index (χ1v) is 11.5. The standard InChI is InChI=1S/C16H17N3O3S3/c20-25(21)8-5-12(11-25)19(9-13-3-1-6-23-13)10-15-17-16(18-22-15)14-4-2-7-24-14/h1-4,6-7,12H,5,8-11H2. The Balaban J connectivity index is 1.53. The van der Waals surface area contributed by atoms with E-state index in [2.05, 4.69) is 21.1 Å². The summed E-state index contributed by atoms with van der Waals surface area (Å²) < 4.78 is 29.2. The van der Waals surface area contributed by atoms with E-state index in [0.717, 1.165) is 4.88 Å². The lowest BCUT2D eigenvalue weighted by atomic mass is 10.2. The summed E-state index contributed by atoms with van der Waals surface area (Å²) >= 11 is 3.23. The minimum absolute atomic E-state index is 0.0100. The zero-order chi connectivity index (χ0) is 17.3. The van der Waals surface area contributed by atoms with Gasteiger partial charge in [0.25, 0.3) is 0 Å². The molecule has 0 spiro atoms. The molecule has 0 N–H and O–H groups in total. The monoisotopic (exact) mass is 395 g/mol. The molecule has 1 saturated heterocycles. The highest BCUT2D eigenvalue weighted by Crippen LogP contribution is 2.25. The van der Waals surface area contributed by atoms with E-state index in [1.54, 1.807) is 22.7 Å². The number of rotatable bonds is 6. The molecule has 4 heterocycles. The number of hydrogen-bond acceptors (Lipinski definition) is 8. The SMILES string of the molecule is O=S1(=O)CCC(N(Cc2nc(-c3cccs3)no2)Cc2cccs2)C1. The second-order valence-corrected chi connectivity index (χ2v) is 10.2. The van der Waals surface area contributed by atoms with Crippen LogP contribution in [0.25, 0.3) is 10.7 Å². The van der Waals surface area contributed by atoms with E-state index in [0.29, 0.717) is 31.2 Å². The van der Waals surface area contributed by atoms with Gasteiger partial charge in [-0.1, -0.05) is 17.3 Å². The van der Waals surface area contributed by atoms with Gasteiger partial charge in [-0.2, -0.15) is 4.98 Å². The van der Waals surface area contributed by atoms with Gasteiger partial charge in [0.05, 0.1) is 22.9 Å². The Labute approximate surface area is 154 Å². The maximum absolute atomic E-state index is 11.9. The molecule has 0 radical (unpaired) electrons. The zero-order valence-corrected chi connectivity index (χ0v) is 15.8. The molecule has 1 atom stereocenters. The van der Waals surface area contributed by atoms with Crippen molar-refractivity contribution in [2.45, 2.75) is 25.6 Å². The quantitative estimate of drug-likeness (QED) is 0.638. The van der Waals surface area contributed by atoms with E-state index in [-0.39, 0.29) is 17.5 Å². The average molecular weight is 396 g/mol. The molecule has 3 aromatic heterocycles. The van der Waals surface area contributed by atoms with Crippen molar-refractivity contribution in [3.63, 3.8) is 0 Å². The minimum Gasteiger partial charge on any atom is -0.338 e. The predicted octanol–water partition coefficient (Wildman–Crippen LogP) is 3.05. The van der Waals surface area contributed by atoms with E-state index >= 15 is 0 Å². The van der Waals surface area contributed by atoms with E-state index < -0.39 is 9.84 Å². The number of sulfone groups is 1. The van der Waals surface area contributed by atoms with Crippen LogP contribution in [-0.2, 0) is 22.9 Å². The van der Waals surface area contributed by atoms with Gasteiger partial charge in [-0.25, -0.2) is 8.42 Å². The molecule has 1 aliphatic rings. The summed E-state index contributed by atoms with van der Waals surface area (Å²) in [6.45, 7) is 1.14. The number of hydrogen-bond donors (Lipinski definition) is 0. The normalized spacial score (nSPS) is 19.6. The molecule has 132 valence electrons. The van der Waals surface area contributed by atoms with Crippen LogP contribution in [0.2, 0.25) is 0 Å². The van der Waals surface area contributed by atoms with Crippen LogP contribution in [0.4, 0.5) is 0 Å². The molecule has 1 aliphatic heterocycles. The molecule has 9 heteroatoms. The predicted molar refractivity (Wildman–Crippen MR) is 98.2 cm³/mol. The molecule has 25 heavy (non-hydrogen) atoms. The van der Waals surface area contributed by atoms with Gasteiger partial charge in [0, 0.05) is 17.5 Å². The Morgan fingerprint density at radius 3 is 2.72 bits per heavy atom. The second-order valence-electron chi connectivity index (χ2n) is 6.03. The Hall–Kier alpha value is -1.55. The van der Waals surface area contributed by atoms with E-state index in [1.807, 2.05) is 29.0 Å². The molecular formula is C16H17N3O3S3. The largest absolute Gasteiger partial charge is 0.338 e. The van der Waals surface area contributed by atoms with Crippen molar-refractivity contribution >= 4 is 32.5 Å². The highest BCUT2D eigenvalue weighted by atomic mass is 32.2. The van der Waals surface area contributed by atoms with Crippen molar-refractivity contribution < 1.29 is 12.9 Å². The van der Waals surface area contributed by atoms with Gasteiger partial charge in [0.15, 0.2) is 9.84 Å². The van der Waals surface area contributed by atoms with Crippen molar-refractivity contribution in [2.75, 3.05) is 11.5 Å². The van der Waals surface area contributed by atoms with Gasteiger partial charge in [-0.05, 0) is 29.3 Å². The third-order valence-corrected chi connectivity index (χ3v) is 7.69. The van der Waals surface area contributed by atoms with Crippen molar-refractivity contribution in [1.29, 1.82) is 0 Å². The fourth-order valence-electron chi connectivity index (χ4n) is 2.98. The lowest BCUT2D eigenvalue weighted by Gasteiger charge is -2.25. The molecule has 1 fully saturated rings. The number of thiophene rings is 2. The summed E-state index contributed by atoms with van der Waals surface area (Å²) in [4.78, 5) is 8.77. The fraction of sp³-hybridized carbons (Fsp3) is 0.375. The molecule has 1 unspecified atom stereocenters. The van der Waals surface area contributed by atoms with Gasteiger partial charge in [0.1, 0.15) is 0 Å². The van der Waals surface area contributed by atoms with Crippen LogP contribution in [-0.4, -0.2) is 41.0 Å². The van der Waals surface area contributed by atoms with Gasteiger partial charge in [0.2, 0.25) is 11.7 Å². The average Bonchev–Trinajstić information content (AvgIpc) is 3.34. The topological polar surface area (TPSA) is 76.3 Å². The Bertz CT molecular complexity index is 917. The fourth-order valence-corrected chi connectivity index (χ4v) is 6.12. The van der Waals surface area contributed by atoms with Crippen LogP contribution < -0.4 is 0 Å². The van der Waals surface area contributed by atoms with Crippen LogP contribution >= 0.6 is 22.7 Å². The molecular weight excluding hydrogens is 378 g/mol. The molecule has 0 bridgehead atoms. The minimum atomic E-state index is -2.95. The van der Waals surface area contributed by atoms with Crippen LogP contribution in [0.15, 0.2) is 39.5 Å². The summed E-state index contributed by atoms with van der Waals surface area (Å²) in [5, 5.41) is 8.04. The number of aromatic nitrogens is 2. The second kappa shape index (κ2) is 6.99. The summed E-state index contributed by atoms with van der Waals surface area (Å²) in [7, 11) is -2.95. The van der Waals surface area contributed by atoms with Gasteiger partial charge in [-0.15, -0.1) is 22.7 Å². The van der Waals surface area contributed by atoms with Crippen LogP contribution in [0.3, 0.4) is 0 Å². The maximum Gasteiger partial charge on any atom is 0.241 e. The molecule has 0 amide bonds. The molecule has 3 aromatic rings. The summed E-state index contributed by atoms with van der Waals surface area (Å²) in [5.41, 5.74) is 0. The molecule has 0 aromatic carbocycles. The van der Waals surface area contributed by atoms with Gasteiger partial charge < -0.3 is 4.52 Å². The Morgan fingerprint density at radius 2 is 2.04 bits per heavy atom.